The average Bonchev–Trinajstić information content (AvgIpc) is 3.02. The molecule has 4 nitrogen and oxygen atoms in total. The van der Waals surface area contributed by atoms with E-state index in [0.29, 0.717) is 6.42 Å². The Bertz CT molecular complexity index is 822. The van der Waals surface area contributed by atoms with Gasteiger partial charge in [-0.3, -0.25) is 4.79 Å². The molecule has 0 saturated heterocycles. The quantitative estimate of drug-likeness (QED) is 0.732. The fourth-order valence-corrected chi connectivity index (χ4v) is 2.86. The molecule has 0 aliphatic carbocycles. The third kappa shape index (κ3) is 3.06. The Morgan fingerprint density at radius 1 is 1.13 bits per heavy atom. The summed E-state index contributed by atoms with van der Waals surface area (Å²) in [6.45, 7) is 0. The van der Waals surface area contributed by atoms with Crippen LogP contribution in [0.4, 0.5) is 0 Å². The lowest BCUT2D eigenvalue weighted by Gasteiger charge is -2.15. The molecule has 23 heavy (non-hydrogen) atoms. The van der Waals surface area contributed by atoms with Gasteiger partial charge in [0, 0.05) is 17.1 Å². The number of H-pyrrole nitrogens is 1. The maximum Gasteiger partial charge on any atom is 0.313 e. The van der Waals surface area contributed by atoms with Crippen LogP contribution >= 0.6 is 0 Å². The van der Waals surface area contributed by atoms with Crippen LogP contribution in [0.25, 0.3) is 10.9 Å². The van der Waals surface area contributed by atoms with Crippen molar-refractivity contribution in [2.45, 2.75) is 12.3 Å². The van der Waals surface area contributed by atoms with Crippen molar-refractivity contribution >= 4 is 16.9 Å². The average molecular weight is 309 g/mol. The number of carbonyl (C=O) groups excluding carboxylic acids is 1. The molecule has 0 saturated carbocycles. The van der Waals surface area contributed by atoms with Crippen LogP contribution in [0.15, 0.2) is 54.7 Å². The van der Waals surface area contributed by atoms with Crippen LogP contribution in [0.2, 0.25) is 0 Å². The number of fused-ring (bicyclic) bond motifs is 1. The molecule has 0 aliphatic rings. The van der Waals surface area contributed by atoms with Crippen molar-refractivity contribution in [2.75, 3.05) is 14.2 Å². The predicted octanol–water partition coefficient (Wildman–Crippen LogP) is 3.68. The first-order valence-electron chi connectivity index (χ1n) is 7.49. The number of methoxy groups -OCH3 is 2. The van der Waals surface area contributed by atoms with E-state index < -0.39 is 0 Å². The zero-order valence-corrected chi connectivity index (χ0v) is 13.2. The molecule has 3 rings (SSSR count). The molecule has 1 aromatic heterocycles. The Labute approximate surface area is 135 Å². The molecule has 0 spiro atoms. The zero-order chi connectivity index (χ0) is 16.2. The van der Waals surface area contributed by atoms with Crippen molar-refractivity contribution in [2.24, 2.45) is 0 Å². The minimum atomic E-state index is -0.366. The number of para-hydroxylation sites is 1. The summed E-state index contributed by atoms with van der Waals surface area (Å²) >= 11 is 0. The van der Waals surface area contributed by atoms with Gasteiger partial charge < -0.3 is 14.5 Å². The number of ether oxygens (including phenoxy) is 2. The van der Waals surface area contributed by atoms with Crippen molar-refractivity contribution in [3.05, 3.63) is 65.9 Å². The lowest BCUT2D eigenvalue weighted by atomic mass is 9.91. The Morgan fingerprint density at radius 3 is 2.74 bits per heavy atom. The molecule has 1 atom stereocenters. The molecule has 118 valence electrons. The van der Waals surface area contributed by atoms with E-state index in [1.54, 1.807) is 7.11 Å². The van der Waals surface area contributed by atoms with Gasteiger partial charge in [-0.1, -0.05) is 30.3 Å². The van der Waals surface area contributed by atoms with E-state index in [2.05, 4.69) is 11.1 Å². The summed E-state index contributed by atoms with van der Waals surface area (Å²) in [4.78, 5) is 15.5. The standard InChI is InChI=1S/C19H19NO3/c1-22-15-7-5-6-13(10-15)17(19(21)23-2)11-14-12-20-18-9-4-3-8-16(14)18/h3-10,12,17,20H,11H2,1-2H3. The van der Waals surface area contributed by atoms with Gasteiger partial charge in [0.05, 0.1) is 20.1 Å². The van der Waals surface area contributed by atoms with Crippen LogP contribution < -0.4 is 4.74 Å². The van der Waals surface area contributed by atoms with Gasteiger partial charge in [0.25, 0.3) is 0 Å². The van der Waals surface area contributed by atoms with E-state index in [0.717, 1.165) is 27.8 Å². The van der Waals surface area contributed by atoms with Gasteiger partial charge in [-0.15, -0.1) is 0 Å². The van der Waals surface area contributed by atoms with Crippen LogP contribution in [-0.2, 0) is 16.0 Å². The molecule has 0 amide bonds. The van der Waals surface area contributed by atoms with E-state index >= 15 is 0 Å². The van der Waals surface area contributed by atoms with Gasteiger partial charge in [-0.25, -0.2) is 0 Å². The van der Waals surface area contributed by atoms with Crippen molar-refractivity contribution in [1.29, 1.82) is 0 Å². The summed E-state index contributed by atoms with van der Waals surface area (Å²) in [7, 11) is 3.04. The Morgan fingerprint density at radius 2 is 1.96 bits per heavy atom. The molecule has 0 fully saturated rings. The highest BCUT2D eigenvalue weighted by atomic mass is 16.5. The normalized spacial score (nSPS) is 12.1. The molecular weight excluding hydrogens is 290 g/mol. The Hall–Kier alpha value is -2.75. The van der Waals surface area contributed by atoms with Gasteiger partial charge in [-0.2, -0.15) is 0 Å². The molecule has 0 radical (unpaired) electrons. The number of aromatic nitrogens is 1. The van der Waals surface area contributed by atoms with E-state index in [-0.39, 0.29) is 11.9 Å². The second-order valence-corrected chi connectivity index (χ2v) is 5.42. The molecule has 2 aromatic carbocycles. The zero-order valence-electron chi connectivity index (χ0n) is 13.2. The number of esters is 1. The highest BCUT2D eigenvalue weighted by Gasteiger charge is 2.23. The molecule has 1 heterocycles. The SMILES string of the molecule is COC(=O)C(Cc1c[nH]c2ccccc12)c1cccc(OC)c1. The first-order valence-corrected chi connectivity index (χ1v) is 7.49. The molecular formula is C19H19NO3. The van der Waals surface area contributed by atoms with Gasteiger partial charge in [0.1, 0.15) is 5.75 Å². The van der Waals surface area contributed by atoms with E-state index in [4.69, 9.17) is 9.47 Å². The number of carbonyl (C=O) groups is 1. The second-order valence-electron chi connectivity index (χ2n) is 5.42. The van der Waals surface area contributed by atoms with Crippen molar-refractivity contribution in [3.8, 4) is 5.75 Å². The fraction of sp³-hybridized carbons (Fsp3) is 0.211. The number of nitrogens with one attached hydrogen (secondary N) is 1. The van der Waals surface area contributed by atoms with Gasteiger partial charge in [-0.05, 0) is 35.7 Å². The summed E-state index contributed by atoms with van der Waals surface area (Å²) in [5.74, 6) is 0.119. The topological polar surface area (TPSA) is 51.3 Å². The highest BCUT2D eigenvalue weighted by Crippen LogP contribution is 2.28. The molecule has 1 N–H and O–H groups in total. The number of aromatic amines is 1. The van der Waals surface area contributed by atoms with Crippen LogP contribution in [0, 0.1) is 0 Å². The lowest BCUT2D eigenvalue weighted by molar-refractivity contribution is -0.142. The summed E-state index contributed by atoms with van der Waals surface area (Å²) in [6, 6.07) is 15.6. The number of hydrogen-bond donors (Lipinski definition) is 1. The van der Waals surface area contributed by atoms with Gasteiger partial charge in [0.2, 0.25) is 0 Å². The third-order valence-electron chi connectivity index (χ3n) is 4.08. The lowest BCUT2D eigenvalue weighted by Crippen LogP contribution is -2.16. The third-order valence-corrected chi connectivity index (χ3v) is 4.08. The number of hydrogen-bond acceptors (Lipinski definition) is 3. The van der Waals surface area contributed by atoms with E-state index in [1.165, 1.54) is 7.11 Å². The summed E-state index contributed by atoms with van der Waals surface area (Å²) in [6.07, 6.45) is 2.53. The monoisotopic (exact) mass is 309 g/mol. The minimum absolute atomic E-state index is 0.247. The maximum absolute atomic E-state index is 12.3. The summed E-state index contributed by atoms with van der Waals surface area (Å²) in [5, 5.41) is 1.13. The van der Waals surface area contributed by atoms with Crippen LogP contribution in [0.3, 0.4) is 0 Å². The molecule has 0 bridgehead atoms. The molecule has 3 aromatic rings. The smallest absolute Gasteiger partial charge is 0.313 e. The molecule has 1 unspecified atom stereocenters. The van der Waals surface area contributed by atoms with Crippen molar-refractivity contribution in [1.82, 2.24) is 4.98 Å². The number of benzene rings is 2. The predicted molar refractivity (Wildman–Crippen MR) is 89.8 cm³/mol. The Kier molecular flexibility index (Phi) is 4.33. The highest BCUT2D eigenvalue weighted by molar-refractivity contribution is 5.85. The van der Waals surface area contributed by atoms with Crippen LogP contribution in [0.5, 0.6) is 5.75 Å². The molecule has 4 heteroatoms. The second kappa shape index (κ2) is 6.57. The van der Waals surface area contributed by atoms with Crippen LogP contribution in [-0.4, -0.2) is 25.2 Å². The van der Waals surface area contributed by atoms with Gasteiger partial charge >= 0.3 is 5.97 Å². The minimum Gasteiger partial charge on any atom is -0.497 e. The number of rotatable bonds is 5. The van der Waals surface area contributed by atoms with Gasteiger partial charge in [0.15, 0.2) is 0 Å². The maximum atomic E-state index is 12.3. The van der Waals surface area contributed by atoms with E-state index in [1.807, 2.05) is 48.7 Å². The Balaban J connectivity index is 1.98. The van der Waals surface area contributed by atoms with Crippen molar-refractivity contribution in [3.63, 3.8) is 0 Å². The largest absolute Gasteiger partial charge is 0.497 e. The summed E-state index contributed by atoms with van der Waals surface area (Å²) in [5.41, 5.74) is 3.05. The van der Waals surface area contributed by atoms with Crippen molar-refractivity contribution < 1.29 is 14.3 Å². The fourth-order valence-electron chi connectivity index (χ4n) is 2.86. The molecule has 0 aliphatic heterocycles. The first kappa shape index (κ1) is 15.2. The van der Waals surface area contributed by atoms with E-state index in [9.17, 15) is 4.79 Å². The first-order chi connectivity index (χ1) is 11.2. The summed E-state index contributed by atoms with van der Waals surface area (Å²) < 4.78 is 10.3. The van der Waals surface area contributed by atoms with Crippen LogP contribution in [0.1, 0.15) is 17.0 Å².